The van der Waals surface area contributed by atoms with Crippen LogP contribution in [0.25, 0.3) is 0 Å². The lowest BCUT2D eigenvalue weighted by Crippen LogP contribution is -2.48. The molecule has 4 nitrogen and oxygen atoms in total. The van der Waals surface area contributed by atoms with Gasteiger partial charge in [0, 0.05) is 50.5 Å². The van der Waals surface area contributed by atoms with Gasteiger partial charge in [-0.05, 0) is 42.5 Å². The molecule has 1 N–H and O–H groups in total. The van der Waals surface area contributed by atoms with E-state index in [0.717, 1.165) is 37.9 Å². The van der Waals surface area contributed by atoms with Crippen LogP contribution in [0.5, 0.6) is 0 Å². The van der Waals surface area contributed by atoms with Gasteiger partial charge in [0.15, 0.2) is 0 Å². The van der Waals surface area contributed by atoms with Gasteiger partial charge in [-0.3, -0.25) is 9.69 Å². The van der Waals surface area contributed by atoms with E-state index >= 15 is 0 Å². The topological polar surface area (TPSA) is 35.6 Å². The number of piperazine rings is 1. The van der Waals surface area contributed by atoms with Crippen molar-refractivity contribution in [2.45, 2.75) is 6.18 Å². The number of rotatable bonds is 5. The van der Waals surface area contributed by atoms with Crippen molar-refractivity contribution in [2.24, 2.45) is 0 Å². The van der Waals surface area contributed by atoms with E-state index in [1.165, 1.54) is 12.1 Å². The monoisotopic (exact) mass is 413 g/mol. The van der Waals surface area contributed by atoms with Crippen molar-refractivity contribution in [3.63, 3.8) is 0 Å². The summed E-state index contributed by atoms with van der Waals surface area (Å²) in [5.41, 5.74) is -0.752. The highest BCUT2D eigenvalue weighted by atomic mass is 19.4. The molecule has 0 aromatic heterocycles. The number of nitrogens with one attached hydrogen (secondary N) is 1. The fraction of sp³-hybridized carbons (Fsp3) is 0.350. The van der Waals surface area contributed by atoms with Crippen molar-refractivity contribution in [3.05, 3.63) is 65.2 Å². The van der Waals surface area contributed by atoms with Crippen LogP contribution >= 0.6 is 0 Å². The minimum absolute atomic E-state index is 0.236. The number of benzene rings is 2. The van der Waals surface area contributed by atoms with E-state index in [-0.39, 0.29) is 17.9 Å². The summed E-state index contributed by atoms with van der Waals surface area (Å²) >= 11 is 0. The zero-order valence-corrected chi connectivity index (χ0v) is 15.5. The van der Waals surface area contributed by atoms with Crippen molar-refractivity contribution in [3.8, 4) is 0 Å². The molecule has 2 aromatic carbocycles. The number of carbonyl (C=O) groups excluding carboxylic acids is 1. The molecule has 2 aromatic rings. The molecule has 156 valence electrons. The largest absolute Gasteiger partial charge is 0.419 e. The molecule has 0 atom stereocenters. The second-order valence-electron chi connectivity index (χ2n) is 6.75. The molecule has 0 spiro atoms. The number of hydrogen-bond acceptors (Lipinski definition) is 3. The van der Waals surface area contributed by atoms with E-state index in [9.17, 15) is 26.7 Å². The lowest BCUT2D eigenvalue weighted by molar-refractivity contribution is -0.140. The van der Waals surface area contributed by atoms with Crippen LogP contribution in [-0.4, -0.2) is 50.1 Å². The Morgan fingerprint density at radius 2 is 1.62 bits per heavy atom. The van der Waals surface area contributed by atoms with Crippen LogP contribution in [0.15, 0.2) is 42.5 Å². The smallest absolute Gasteiger partial charge is 0.369 e. The van der Waals surface area contributed by atoms with Crippen LogP contribution in [0.2, 0.25) is 0 Å². The van der Waals surface area contributed by atoms with Crippen LogP contribution < -0.4 is 10.2 Å². The summed E-state index contributed by atoms with van der Waals surface area (Å²) in [5, 5.41) is 2.57. The van der Waals surface area contributed by atoms with Gasteiger partial charge in [-0.25, -0.2) is 8.78 Å². The zero-order chi connectivity index (χ0) is 21.0. The first-order valence-corrected chi connectivity index (χ1v) is 9.12. The zero-order valence-electron chi connectivity index (χ0n) is 15.5. The van der Waals surface area contributed by atoms with Crippen molar-refractivity contribution >= 4 is 11.6 Å². The molecule has 1 saturated heterocycles. The Kier molecular flexibility index (Phi) is 6.36. The summed E-state index contributed by atoms with van der Waals surface area (Å²) in [7, 11) is 0. The summed E-state index contributed by atoms with van der Waals surface area (Å²) in [6.07, 6.45) is -4.86. The molecular weight excluding hydrogens is 393 g/mol. The van der Waals surface area contributed by atoms with Crippen LogP contribution in [-0.2, 0) is 6.18 Å². The van der Waals surface area contributed by atoms with E-state index in [1.54, 1.807) is 12.1 Å². The summed E-state index contributed by atoms with van der Waals surface area (Å²) in [6, 6.07) is 8.47. The Bertz CT molecular complexity index is 846. The van der Waals surface area contributed by atoms with Crippen LogP contribution in [0, 0.1) is 11.6 Å². The van der Waals surface area contributed by atoms with Crippen molar-refractivity contribution in [2.75, 3.05) is 44.2 Å². The molecule has 9 heteroatoms. The molecule has 1 aliphatic rings. The van der Waals surface area contributed by atoms with E-state index in [4.69, 9.17) is 0 Å². The standard InChI is InChI=1S/C20H20F5N3O/c21-15-2-4-16(5-3-15)28-11-9-27(10-12-28)8-7-26-19(29)14-1-6-18(22)17(13-14)20(23,24)25/h1-6,13H,7-12H2,(H,26,29). The Morgan fingerprint density at radius 1 is 0.966 bits per heavy atom. The summed E-state index contributed by atoms with van der Waals surface area (Å²) in [4.78, 5) is 16.3. The second-order valence-corrected chi connectivity index (χ2v) is 6.75. The predicted octanol–water partition coefficient (Wildman–Crippen LogP) is 3.54. The number of nitrogens with zero attached hydrogens (tertiary/aromatic N) is 2. The van der Waals surface area contributed by atoms with Crippen molar-refractivity contribution < 1.29 is 26.7 Å². The molecular formula is C20H20F5N3O. The SMILES string of the molecule is O=C(NCCN1CCN(c2ccc(F)cc2)CC1)c1ccc(F)c(C(F)(F)F)c1. The first kappa shape index (κ1) is 21.0. The molecule has 0 saturated carbocycles. The van der Waals surface area contributed by atoms with Gasteiger partial charge < -0.3 is 10.2 Å². The third-order valence-electron chi connectivity index (χ3n) is 4.81. The van der Waals surface area contributed by atoms with E-state index in [0.29, 0.717) is 18.7 Å². The van der Waals surface area contributed by atoms with Gasteiger partial charge in [-0.2, -0.15) is 13.2 Å². The van der Waals surface area contributed by atoms with Crippen LogP contribution in [0.4, 0.5) is 27.6 Å². The Morgan fingerprint density at radius 3 is 2.24 bits per heavy atom. The maximum Gasteiger partial charge on any atom is 0.419 e. The Balaban J connectivity index is 1.46. The van der Waals surface area contributed by atoms with Crippen LogP contribution in [0.3, 0.4) is 0 Å². The van der Waals surface area contributed by atoms with Crippen molar-refractivity contribution in [1.29, 1.82) is 0 Å². The van der Waals surface area contributed by atoms with E-state index in [1.807, 2.05) is 0 Å². The average Bonchev–Trinajstić information content (AvgIpc) is 2.68. The van der Waals surface area contributed by atoms with Gasteiger partial charge in [0.2, 0.25) is 0 Å². The number of alkyl halides is 3. The minimum Gasteiger partial charge on any atom is -0.369 e. The number of halogens is 5. The lowest BCUT2D eigenvalue weighted by atomic mass is 10.1. The van der Waals surface area contributed by atoms with Gasteiger partial charge >= 0.3 is 6.18 Å². The lowest BCUT2D eigenvalue weighted by Gasteiger charge is -2.36. The Hall–Kier alpha value is -2.68. The van der Waals surface area contributed by atoms with Gasteiger partial charge in [0.25, 0.3) is 5.91 Å². The molecule has 0 unspecified atom stereocenters. The fourth-order valence-corrected chi connectivity index (χ4v) is 3.19. The molecule has 0 radical (unpaired) electrons. The second kappa shape index (κ2) is 8.77. The van der Waals surface area contributed by atoms with E-state index in [2.05, 4.69) is 15.1 Å². The molecule has 1 heterocycles. The quantitative estimate of drug-likeness (QED) is 0.762. The molecule has 3 rings (SSSR count). The summed E-state index contributed by atoms with van der Waals surface area (Å²) in [5.74, 6) is -2.37. The summed E-state index contributed by atoms with van der Waals surface area (Å²) in [6.45, 7) is 3.76. The maximum absolute atomic E-state index is 13.3. The molecule has 1 amide bonds. The first-order valence-electron chi connectivity index (χ1n) is 9.12. The minimum atomic E-state index is -4.86. The predicted molar refractivity (Wildman–Crippen MR) is 98.8 cm³/mol. The number of hydrogen-bond donors (Lipinski definition) is 1. The highest BCUT2D eigenvalue weighted by molar-refractivity contribution is 5.94. The van der Waals surface area contributed by atoms with Crippen LogP contribution in [0.1, 0.15) is 15.9 Å². The first-order chi connectivity index (χ1) is 13.7. The molecule has 0 bridgehead atoms. The third kappa shape index (κ3) is 5.44. The Labute approximate surface area is 164 Å². The van der Waals surface area contributed by atoms with Gasteiger partial charge in [-0.1, -0.05) is 0 Å². The third-order valence-corrected chi connectivity index (χ3v) is 4.81. The number of amides is 1. The van der Waals surface area contributed by atoms with Gasteiger partial charge in [0.05, 0.1) is 5.56 Å². The van der Waals surface area contributed by atoms with Crippen molar-refractivity contribution in [1.82, 2.24) is 10.2 Å². The highest BCUT2D eigenvalue weighted by Gasteiger charge is 2.34. The van der Waals surface area contributed by atoms with E-state index < -0.39 is 23.5 Å². The number of carbonyl (C=O) groups is 1. The number of anilines is 1. The molecule has 1 fully saturated rings. The average molecular weight is 413 g/mol. The molecule has 1 aliphatic heterocycles. The fourth-order valence-electron chi connectivity index (χ4n) is 3.19. The molecule has 29 heavy (non-hydrogen) atoms. The normalized spacial score (nSPS) is 15.4. The van der Waals surface area contributed by atoms with Gasteiger partial charge in [-0.15, -0.1) is 0 Å². The van der Waals surface area contributed by atoms with Gasteiger partial charge in [0.1, 0.15) is 11.6 Å². The highest BCUT2D eigenvalue weighted by Crippen LogP contribution is 2.31. The summed E-state index contributed by atoms with van der Waals surface area (Å²) < 4.78 is 64.6. The molecule has 0 aliphatic carbocycles. The maximum atomic E-state index is 13.3.